The lowest BCUT2D eigenvalue weighted by Gasteiger charge is -2.45. The van der Waals surface area contributed by atoms with E-state index in [-0.39, 0.29) is 33.1 Å². The summed E-state index contributed by atoms with van der Waals surface area (Å²) in [4.78, 5) is 39.2. The van der Waals surface area contributed by atoms with Gasteiger partial charge in [-0.15, -0.1) is 0 Å². The number of halogens is 2. The number of benzene rings is 1. The molecule has 0 spiro atoms. The summed E-state index contributed by atoms with van der Waals surface area (Å²) in [6, 6.07) is 3.38. The van der Waals surface area contributed by atoms with Crippen LogP contribution in [-0.2, 0) is 16.1 Å². The number of aromatic nitrogens is 3. The Balaban J connectivity index is 1.80. The summed E-state index contributed by atoms with van der Waals surface area (Å²) >= 11 is 13.4. The van der Waals surface area contributed by atoms with E-state index >= 15 is 0 Å². The Morgan fingerprint density at radius 2 is 1.85 bits per heavy atom. The van der Waals surface area contributed by atoms with Crippen LogP contribution in [0.15, 0.2) is 35.8 Å². The quantitative estimate of drug-likeness (QED) is 0.293. The van der Waals surface area contributed by atoms with E-state index in [1.807, 2.05) is 6.92 Å². The number of carbonyl (C=O) groups excluding carboxylic acids is 1. The molecule has 0 unspecified atom stereocenters. The number of methoxy groups -OCH3 is 3. The maximum absolute atomic E-state index is 14.2. The third-order valence-electron chi connectivity index (χ3n) is 7.06. The van der Waals surface area contributed by atoms with Crippen LogP contribution in [0.25, 0.3) is 22.2 Å². The lowest BCUT2D eigenvalue weighted by atomic mass is 10.0. The van der Waals surface area contributed by atoms with Gasteiger partial charge in [0.25, 0.3) is 5.56 Å². The monoisotopic (exact) mass is 604 g/mol. The third kappa shape index (κ3) is 6.28. The average Bonchev–Trinajstić information content (AvgIpc) is 2.94. The summed E-state index contributed by atoms with van der Waals surface area (Å²) < 4.78 is 17.8. The molecular formula is C28H34Cl2N6O5. The number of nitrogens with zero attached hydrogens (tertiary/aromatic N) is 5. The normalized spacial score (nSPS) is 13.4. The molecule has 2 aromatic heterocycles. The number of amides is 1. The first-order valence-electron chi connectivity index (χ1n) is 13.2. The van der Waals surface area contributed by atoms with E-state index in [4.69, 9.17) is 37.4 Å². The summed E-state index contributed by atoms with van der Waals surface area (Å²) in [7, 11) is 4.60. The first kappa shape index (κ1) is 30.6. The number of ether oxygens (including phenoxy) is 3. The number of pyridine rings is 1. The van der Waals surface area contributed by atoms with Crippen LogP contribution in [0.1, 0.15) is 6.92 Å². The molecule has 0 radical (unpaired) electrons. The summed E-state index contributed by atoms with van der Waals surface area (Å²) in [5.41, 5.74) is 0.700. The van der Waals surface area contributed by atoms with Gasteiger partial charge in [-0.2, -0.15) is 4.98 Å². The highest BCUT2D eigenvalue weighted by molar-refractivity contribution is 6.41. The predicted molar refractivity (Wildman–Crippen MR) is 161 cm³/mol. The molecule has 13 heteroatoms. The number of carbonyl (C=O) groups is 1. The van der Waals surface area contributed by atoms with Gasteiger partial charge in [0.05, 0.1) is 36.4 Å². The van der Waals surface area contributed by atoms with Crippen molar-refractivity contribution >= 4 is 46.1 Å². The fraction of sp³-hybridized carbons (Fsp3) is 0.429. The predicted octanol–water partition coefficient (Wildman–Crippen LogP) is 3.56. The van der Waals surface area contributed by atoms with Crippen molar-refractivity contribution in [3.8, 4) is 22.6 Å². The molecule has 4 rings (SSSR count). The van der Waals surface area contributed by atoms with Gasteiger partial charge in [-0.1, -0.05) is 29.8 Å². The molecule has 0 saturated carbocycles. The van der Waals surface area contributed by atoms with Crippen molar-refractivity contribution in [1.29, 1.82) is 0 Å². The summed E-state index contributed by atoms with van der Waals surface area (Å²) in [5.74, 6) is 0.955. The second-order valence-corrected chi connectivity index (χ2v) is 10.2. The maximum atomic E-state index is 14.2. The molecule has 1 N–H and O–H groups in total. The van der Waals surface area contributed by atoms with Crippen molar-refractivity contribution in [1.82, 2.24) is 24.3 Å². The standard InChI is InChI=1S/C28H34Cl2N6O5/c1-6-22(37)35-15-18(16-35)34(10-11-39-3)8-9-36-26-17(14-32-28(33-26)31-7-2)12-19(27(36)38)23-24(29)20(40-4)13-21(41-5)25(23)30/h6,12-14,18H,1,7-11,15-16H2,2-5H3,(H,31,32,33). The molecule has 11 nitrogen and oxygen atoms in total. The Morgan fingerprint density at radius 1 is 1.17 bits per heavy atom. The maximum Gasteiger partial charge on any atom is 0.260 e. The van der Waals surface area contributed by atoms with E-state index in [0.29, 0.717) is 79.9 Å². The Labute approximate surface area is 248 Å². The Morgan fingerprint density at radius 3 is 2.44 bits per heavy atom. The van der Waals surface area contributed by atoms with Crippen LogP contribution in [0.4, 0.5) is 5.95 Å². The van der Waals surface area contributed by atoms with Gasteiger partial charge in [0.1, 0.15) is 17.1 Å². The zero-order valence-electron chi connectivity index (χ0n) is 23.6. The molecule has 0 aliphatic carbocycles. The van der Waals surface area contributed by atoms with Crippen LogP contribution in [0, 0.1) is 0 Å². The van der Waals surface area contributed by atoms with Gasteiger partial charge in [0.15, 0.2) is 0 Å². The molecule has 0 atom stereocenters. The van der Waals surface area contributed by atoms with E-state index in [1.54, 1.807) is 34.9 Å². The van der Waals surface area contributed by atoms with E-state index in [1.165, 1.54) is 20.3 Å². The van der Waals surface area contributed by atoms with Gasteiger partial charge < -0.3 is 24.4 Å². The van der Waals surface area contributed by atoms with Gasteiger partial charge in [-0.25, -0.2) is 4.98 Å². The third-order valence-corrected chi connectivity index (χ3v) is 7.81. The number of fused-ring (bicyclic) bond motifs is 1. The van der Waals surface area contributed by atoms with Gasteiger partial charge >= 0.3 is 0 Å². The zero-order chi connectivity index (χ0) is 29.7. The smallest absolute Gasteiger partial charge is 0.260 e. The highest BCUT2D eigenvalue weighted by Crippen LogP contribution is 2.45. The molecule has 1 aliphatic rings. The van der Waals surface area contributed by atoms with Crippen LogP contribution in [0.2, 0.25) is 10.0 Å². The van der Waals surface area contributed by atoms with Crippen molar-refractivity contribution in [3.63, 3.8) is 0 Å². The number of hydrogen-bond donors (Lipinski definition) is 1. The first-order chi connectivity index (χ1) is 19.8. The highest BCUT2D eigenvalue weighted by Gasteiger charge is 2.33. The van der Waals surface area contributed by atoms with E-state index in [9.17, 15) is 9.59 Å². The molecule has 1 aromatic carbocycles. The molecule has 41 heavy (non-hydrogen) atoms. The van der Waals surface area contributed by atoms with E-state index in [0.717, 1.165) is 0 Å². The number of anilines is 1. The molecule has 1 aliphatic heterocycles. The van der Waals surface area contributed by atoms with Crippen LogP contribution < -0.4 is 20.3 Å². The molecule has 3 aromatic rings. The van der Waals surface area contributed by atoms with Crippen molar-refractivity contribution < 1.29 is 19.0 Å². The fourth-order valence-electron chi connectivity index (χ4n) is 4.82. The Hall–Kier alpha value is -3.38. The summed E-state index contributed by atoms with van der Waals surface area (Å²) in [5, 5.41) is 4.11. The van der Waals surface area contributed by atoms with Crippen LogP contribution in [0.3, 0.4) is 0 Å². The fourth-order valence-corrected chi connectivity index (χ4v) is 5.52. The minimum atomic E-state index is -0.332. The Kier molecular flexibility index (Phi) is 10.1. The van der Waals surface area contributed by atoms with Gasteiger partial charge in [0.2, 0.25) is 11.9 Å². The van der Waals surface area contributed by atoms with Crippen molar-refractivity contribution in [2.45, 2.75) is 19.5 Å². The molecule has 1 saturated heterocycles. The second-order valence-electron chi connectivity index (χ2n) is 9.43. The van der Waals surface area contributed by atoms with E-state index in [2.05, 4.69) is 26.8 Å². The van der Waals surface area contributed by atoms with Gasteiger partial charge in [-0.05, 0) is 19.1 Å². The van der Waals surface area contributed by atoms with Gasteiger partial charge in [0, 0.05) is 75.6 Å². The molecule has 220 valence electrons. The van der Waals surface area contributed by atoms with Crippen molar-refractivity contribution in [3.05, 3.63) is 51.4 Å². The molecular weight excluding hydrogens is 571 g/mol. The minimum Gasteiger partial charge on any atom is -0.495 e. The van der Waals surface area contributed by atoms with Crippen molar-refractivity contribution in [2.75, 3.05) is 66.0 Å². The lowest BCUT2D eigenvalue weighted by molar-refractivity contribution is -0.133. The second kappa shape index (κ2) is 13.5. The topological polar surface area (TPSA) is 111 Å². The SMILES string of the molecule is C=CC(=O)N1CC(N(CCOC)CCn2c(=O)c(-c3c(Cl)c(OC)cc(OC)c3Cl)cc3cnc(NCC)nc32)C1. The lowest BCUT2D eigenvalue weighted by Crippen LogP contribution is -2.61. The average molecular weight is 606 g/mol. The first-order valence-corrected chi connectivity index (χ1v) is 13.9. The zero-order valence-corrected chi connectivity index (χ0v) is 25.1. The number of rotatable bonds is 13. The summed E-state index contributed by atoms with van der Waals surface area (Å²) in [6.45, 7) is 9.23. The van der Waals surface area contributed by atoms with Gasteiger partial charge in [-0.3, -0.25) is 19.1 Å². The summed E-state index contributed by atoms with van der Waals surface area (Å²) in [6.07, 6.45) is 2.98. The van der Waals surface area contributed by atoms with Crippen molar-refractivity contribution in [2.24, 2.45) is 0 Å². The molecule has 0 bridgehead atoms. The number of likely N-dealkylation sites (tertiary alicyclic amines) is 1. The highest BCUT2D eigenvalue weighted by atomic mass is 35.5. The van der Waals surface area contributed by atoms with Crippen LogP contribution >= 0.6 is 23.2 Å². The minimum absolute atomic E-state index is 0.0991. The molecule has 1 amide bonds. The van der Waals surface area contributed by atoms with Crippen LogP contribution in [-0.4, -0.2) is 96.9 Å². The number of nitrogens with one attached hydrogen (secondary N) is 1. The number of hydrogen-bond acceptors (Lipinski definition) is 9. The Bertz CT molecular complexity index is 1460. The molecule has 3 heterocycles. The molecule has 1 fully saturated rings. The van der Waals surface area contributed by atoms with Crippen LogP contribution in [0.5, 0.6) is 11.5 Å². The largest absolute Gasteiger partial charge is 0.495 e. The van der Waals surface area contributed by atoms with E-state index < -0.39 is 0 Å².